The first-order valence-electron chi connectivity index (χ1n) is 8.60. The maximum atomic E-state index is 12.6. The minimum atomic E-state index is -3.59. The van der Waals surface area contributed by atoms with Crippen molar-refractivity contribution in [3.05, 3.63) is 63.8 Å². The van der Waals surface area contributed by atoms with Crippen molar-refractivity contribution in [2.45, 2.75) is 44.2 Å². The van der Waals surface area contributed by atoms with Crippen LogP contribution in [0.3, 0.4) is 0 Å². The molecular formula is C19H22N2O3S2. The Morgan fingerprint density at radius 1 is 1.15 bits per heavy atom. The van der Waals surface area contributed by atoms with Gasteiger partial charge in [-0.05, 0) is 37.1 Å². The van der Waals surface area contributed by atoms with Crippen LogP contribution >= 0.6 is 11.3 Å². The van der Waals surface area contributed by atoms with Gasteiger partial charge in [0.25, 0.3) is 0 Å². The molecule has 0 unspecified atom stereocenters. The van der Waals surface area contributed by atoms with E-state index in [4.69, 9.17) is 0 Å². The molecule has 0 fully saturated rings. The van der Waals surface area contributed by atoms with E-state index < -0.39 is 10.0 Å². The molecule has 3 rings (SSSR count). The summed E-state index contributed by atoms with van der Waals surface area (Å²) in [6, 6.07) is 14.5. The quantitative estimate of drug-likeness (QED) is 0.670. The number of fused-ring (bicyclic) bond motifs is 1. The van der Waals surface area contributed by atoms with Crippen molar-refractivity contribution in [2.24, 2.45) is 0 Å². The van der Waals surface area contributed by atoms with Crippen molar-refractivity contribution in [1.82, 2.24) is 9.29 Å². The van der Waals surface area contributed by atoms with Crippen molar-refractivity contribution in [2.75, 3.05) is 0 Å². The molecule has 1 heterocycles. The van der Waals surface area contributed by atoms with E-state index in [1.165, 1.54) is 0 Å². The van der Waals surface area contributed by atoms with Gasteiger partial charge in [0.1, 0.15) is 0 Å². The molecule has 0 aliphatic rings. The SMILES string of the molecule is CCC[C@H](C)NS(=O)(=O)c1ccc2c(c1)sc(=O)n2Cc1ccccc1. The van der Waals surface area contributed by atoms with Gasteiger partial charge in [-0.3, -0.25) is 9.36 Å². The molecule has 0 saturated heterocycles. The van der Waals surface area contributed by atoms with E-state index in [2.05, 4.69) is 4.72 Å². The largest absolute Gasteiger partial charge is 0.308 e. The van der Waals surface area contributed by atoms with Crippen LogP contribution in [0.5, 0.6) is 0 Å². The number of nitrogens with one attached hydrogen (secondary N) is 1. The summed E-state index contributed by atoms with van der Waals surface area (Å²) in [5, 5.41) is 0. The molecule has 138 valence electrons. The number of hydrogen-bond donors (Lipinski definition) is 1. The number of sulfonamides is 1. The van der Waals surface area contributed by atoms with Gasteiger partial charge in [0.15, 0.2) is 0 Å². The molecule has 0 aliphatic carbocycles. The van der Waals surface area contributed by atoms with Gasteiger partial charge >= 0.3 is 4.87 Å². The number of benzene rings is 2. The molecular weight excluding hydrogens is 368 g/mol. The summed E-state index contributed by atoms with van der Waals surface area (Å²) in [6.45, 7) is 4.34. The van der Waals surface area contributed by atoms with E-state index in [9.17, 15) is 13.2 Å². The fourth-order valence-electron chi connectivity index (χ4n) is 2.95. The van der Waals surface area contributed by atoms with Gasteiger partial charge in [0.05, 0.1) is 21.7 Å². The second kappa shape index (κ2) is 7.73. The van der Waals surface area contributed by atoms with Gasteiger partial charge in [-0.15, -0.1) is 0 Å². The minimum Gasteiger partial charge on any atom is -0.294 e. The molecule has 26 heavy (non-hydrogen) atoms. The fourth-order valence-corrected chi connectivity index (χ4v) is 5.26. The first-order chi connectivity index (χ1) is 12.4. The first kappa shape index (κ1) is 18.8. The summed E-state index contributed by atoms with van der Waals surface area (Å²) in [7, 11) is -3.59. The lowest BCUT2D eigenvalue weighted by Gasteiger charge is -2.13. The molecule has 0 radical (unpaired) electrons. The van der Waals surface area contributed by atoms with Crippen LogP contribution in [0.2, 0.25) is 0 Å². The topological polar surface area (TPSA) is 68.2 Å². The third kappa shape index (κ3) is 4.06. The number of rotatable bonds is 7. The molecule has 0 spiro atoms. The van der Waals surface area contributed by atoms with Crippen LogP contribution in [0, 0.1) is 0 Å². The Morgan fingerprint density at radius 2 is 1.88 bits per heavy atom. The van der Waals surface area contributed by atoms with E-state index in [0.29, 0.717) is 11.2 Å². The number of nitrogens with zero attached hydrogens (tertiary/aromatic N) is 1. The van der Waals surface area contributed by atoms with Gasteiger partial charge in [-0.1, -0.05) is 55.0 Å². The number of thiazole rings is 1. The molecule has 7 heteroatoms. The molecule has 3 aromatic rings. The zero-order valence-corrected chi connectivity index (χ0v) is 16.4. The van der Waals surface area contributed by atoms with Crippen LogP contribution in [0.15, 0.2) is 58.2 Å². The van der Waals surface area contributed by atoms with Crippen molar-refractivity contribution < 1.29 is 8.42 Å². The highest BCUT2D eigenvalue weighted by Gasteiger charge is 2.19. The standard InChI is InChI=1S/C19H22N2O3S2/c1-3-7-14(2)20-26(23,24)16-10-11-17-18(12-16)25-19(22)21(17)13-15-8-5-4-6-9-15/h4-6,8-12,14,20H,3,7,13H2,1-2H3/t14-/m0/s1. The first-order valence-corrected chi connectivity index (χ1v) is 10.9. The molecule has 1 aromatic heterocycles. The highest BCUT2D eigenvalue weighted by molar-refractivity contribution is 7.89. The highest BCUT2D eigenvalue weighted by atomic mass is 32.2. The monoisotopic (exact) mass is 390 g/mol. The van der Waals surface area contributed by atoms with Gasteiger partial charge in [0, 0.05) is 6.04 Å². The van der Waals surface area contributed by atoms with Crippen LogP contribution in [-0.2, 0) is 16.6 Å². The Morgan fingerprint density at radius 3 is 2.58 bits per heavy atom. The van der Waals surface area contributed by atoms with E-state index in [-0.39, 0.29) is 15.8 Å². The summed E-state index contributed by atoms with van der Waals surface area (Å²) in [5.41, 5.74) is 1.78. The smallest absolute Gasteiger partial charge is 0.294 e. The van der Waals surface area contributed by atoms with E-state index >= 15 is 0 Å². The van der Waals surface area contributed by atoms with Gasteiger partial charge in [-0.2, -0.15) is 0 Å². The van der Waals surface area contributed by atoms with E-state index in [0.717, 1.165) is 35.3 Å². The lowest BCUT2D eigenvalue weighted by Crippen LogP contribution is -2.32. The molecule has 1 atom stereocenters. The molecule has 0 bridgehead atoms. The Kier molecular flexibility index (Phi) is 5.60. The van der Waals surface area contributed by atoms with Gasteiger partial charge < -0.3 is 0 Å². The molecule has 2 aromatic carbocycles. The third-order valence-corrected chi connectivity index (χ3v) is 6.74. The summed E-state index contributed by atoms with van der Waals surface area (Å²) >= 11 is 1.07. The Bertz CT molecular complexity index is 1050. The molecule has 0 aliphatic heterocycles. The second-order valence-corrected chi connectivity index (χ2v) is 9.09. The lowest BCUT2D eigenvalue weighted by molar-refractivity contribution is 0.544. The molecule has 0 saturated carbocycles. The predicted octanol–water partition coefficient (Wildman–Crippen LogP) is 3.58. The molecule has 0 amide bonds. The minimum absolute atomic E-state index is 0.0919. The number of hydrogen-bond acceptors (Lipinski definition) is 4. The summed E-state index contributed by atoms with van der Waals surface area (Å²) in [5.74, 6) is 0. The van der Waals surface area contributed by atoms with Crippen molar-refractivity contribution >= 4 is 31.6 Å². The van der Waals surface area contributed by atoms with Gasteiger partial charge in [0.2, 0.25) is 10.0 Å². The molecule has 1 N–H and O–H groups in total. The van der Waals surface area contributed by atoms with E-state index in [1.54, 1.807) is 22.8 Å². The van der Waals surface area contributed by atoms with Crippen LogP contribution < -0.4 is 9.60 Å². The summed E-state index contributed by atoms with van der Waals surface area (Å²) in [6.07, 6.45) is 1.69. The summed E-state index contributed by atoms with van der Waals surface area (Å²) in [4.78, 5) is 12.5. The fraction of sp³-hybridized carbons (Fsp3) is 0.316. The highest BCUT2D eigenvalue weighted by Crippen LogP contribution is 2.23. The van der Waals surface area contributed by atoms with Crippen LogP contribution in [0.25, 0.3) is 10.2 Å². The maximum Gasteiger partial charge on any atom is 0.308 e. The lowest BCUT2D eigenvalue weighted by atomic mass is 10.2. The zero-order chi connectivity index (χ0) is 18.7. The normalized spacial score (nSPS) is 13.2. The second-order valence-electron chi connectivity index (χ2n) is 6.38. The van der Waals surface area contributed by atoms with Gasteiger partial charge in [-0.25, -0.2) is 13.1 Å². The molecule has 5 nitrogen and oxygen atoms in total. The van der Waals surface area contributed by atoms with Crippen molar-refractivity contribution in [3.63, 3.8) is 0 Å². The average molecular weight is 391 g/mol. The maximum absolute atomic E-state index is 12.6. The van der Waals surface area contributed by atoms with E-state index in [1.807, 2.05) is 44.2 Å². The predicted molar refractivity (Wildman–Crippen MR) is 106 cm³/mol. The Hall–Kier alpha value is -1.96. The zero-order valence-electron chi connectivity index (χ0n) is 14.8. The van der Waals surface area contributed by atoms with Crippen LogP contribution in [-0.4, -0.2) is 19.0 Å². The summed E-state index contributed by atoms with van der Waals surface area (Å²) < 4.78 is 30.2. The Labute approximate surface area is 157 Å². The third-order valence-electron chi connectivity index (χ3n) is 4.21. The average Bonchev–Trinajstić information content (AvgIpc) is 2.90. The Balaban J connectivity index is 1.94. The van der Waals surface area contributed by atoms with Crippen LogP contribution in [0.4, 0.5) is 0 Å². The number of aromatic nitrogens is 1. The van der Waals surface area contributed by atoms with Crippen LogP contribution in [0.1, 0.15) is 32.3 Å². The van der Waals surface area contributed by atoms with Crippen molar-refractivity contribution in [1.29, 1.82) is 0 Å². The van der Waals surface area contributed by atoms with Crippen molar-refractivity contribution in [3.8, 4) is 0 Å².